The summed E-state index contributed by atoms with van der Waals surface area (Å²) in [4.78, 5) is 12.6. The standard InChI is InChI=1S/C19H22N2O2/c1-14(18-12-7-13-23-18)20-19(22)16-10-5-6-11-17(16)21-15-8-3-2-4-9-15/h2-6,8-11,14,18,21H,7,12-13H2,1H3,(H,20,22)/t14-,18+/m1/s1. The predicted molar refractivity (Wildman–Crippen MR) is 92.1 cm³/mol. The lowest BCUT2D eigenvalue weighted by molar-refractivity contribution is 0.0713. The molecule has 1 aliphatic heterocycles. The lowest BCUT2D eigenvalue weighted by Gasteiger charge is -2.21. The maximum absolute atomic E-state index is 12.6. The Balaban J connectivity index is 1.72. The van der Waals surface area contributed by atoms with Crippen LogP contribution in [0.1, 0.15) is 30.1 Å². The Bertz CT molecular complexity index is 651. The molecule has 1 heterocycles. The monoisotopic (exact) mass is 310 g/mol. The van der Waals surface area contributed by atoms with Gasteiger partial charge in [0.15, 0.2) is 0 Å². The highest BCUT2D eigenvalue weighted by Crippen LogP contribution is 2.21. The van der Waals surface area contributed by atoms with E-state index in [2.05, 4.69) is 10.6 Å². The van der Waals surface area contributed by atoms with Gasteiger partial charge in [0.1, 0.15) is 0 Å². The number of benzene rings is 2. The molecule has 3 rings (SSSR count). The van der Waals surface area contributed by atoms with Gasteiger partial charge >= 0.3 is 0 Å². The van der Waals surface area contributed by atoms with Gasteiger partial charge in [-0.1, -0.05) is 30.3 Å². The van der Waals surface area contributed by atoms with Crippen LogP contribution in [0.25, 0.3) is 0 Å². The molecule has 1 saturated heterocycles. The fraction of sp³-hybridized carbons (Fsp3) is 0.316. The van der Waals surface area contributed by atoms with Gasteiger partial charge in [0.25, 0.3) is 5.91 Å². The number of carbonyl (C=O) groups excluding carboxylic acids is 1. The van der Waals surface area contributed by atoms with Crippen LogP contribution < -0.4 is 10.6 Å². The SMILES string of the molecule is C[C@@H](NC(=O)c1ccccc1Nc1ccccc1)[C@@H]1CCCO1. The molecule has 23 heavy (non-hydrogen) atoms. The average molecular weight is 310 g/mol. The fourth-order valence-electron chi connectivity index (χ4n) is 2.84. The Morgan fingerprint density at radius 1 is 1.13 bits per heavy atom. The van der Waals surface area contributed by atoms with Crippen LogP contribution in [0.5, 0.6) is 0 Å². The van der Waals surface area contributed by atoms with Crippen molar-refractivity contribution in [2.24, 2.45) is 0 Å². The van der Waals surface area contributed by atoms with Crippen LogP contribution in [0.3, 0.4) is 0 Å². The minimum Gasteiger partial charge on any atom is -0.376 e. The van der Waals surface area contributed by atoms with Crippen molar-refractivity contribution in [3.63, 3.8) is 0 Å². The number of ether oxygens (including phenoxy) is 1. The zero-order valence-electron chi connectivity index (χ0n) is 13.3. The van der Waals surface area contributed by atoms with Crippen LogP contribution >= 0.6 is 0 Å². The molecule has 2 aromatic carbocycles. The van der Waals surface area contributed by atoms with E-state index in [1.165, 1.54) is 0 Å². The summed E-state index contributed by atoms with van der Waals surface area (Å²) in [6.07, 6.45) is 2.19. The average Bonchev–Trinajstić information content (AvgIpc) is 3.11. The smallest absolute Gasteiger partial charge is 0.253 e. The number of amides is 1. The van der Waals surface area contributed by atoms with Crippen LogP contribution in [0.2, 0.25) is 0 Å². The molecule has 1 aliphatic rings. The Labute approximate surface area is 136 Å². The first kappa shape index (κ1) is 15.6. The Hall–Kier alpha value is -2.33. The van der Waals surface area contributed by atoms with Gasteiger partial charge in [0.2, 0.25) is 0 Å². The van der Waals surface area contributed by atoms with Crippen molar-refractivity contribution < 1.29 is 9.53 Å². The van der Waals surface area contributed by atoms with E-state index in [0.29, 0.717) is 5.56 Å². The van der Waals surface area contributed by atoms with E-state index >= 15 is 0 Å². The van der Waals surface area contributed by atoms with Gasteiger partial charge in [-0.2, -0.15) is 0 Å². The second-order valence-corrected chi connectivity index (χ2v) is 5.85. The number of carbonyl (C=O) groups is 1. The largest absolute Gasteiger partial charge is 0.376 e. The van der Waals surface area contributed by atoms with Crippen molar-refractivity contribution >= 4 is 17.3 Å². The molecule has 2 atom stereocenters. The highest BCUT2D eigenvalue weighted by molar-refractivity contribution is 6.00. The van der Waals surface area contributed by atoms with Crippen molar-refractivity contribution in [2.45, 2.75) is 31.9 Å². The minimum atomic E-state index is -0.0768. The van der Waals surface area contributed by atoms with Crippen molar-refractivity contribution in [3.8, 4) is 0 Å². The maximum Gasteiger partial charge on any atom is 0.253 e. The Morgan fingerprint density at radius 2 is 1.87 bits per heavy atom. The number of hydrogen-bond acceptors (Lipinski definition) is 3. The first-order valence-electron chi connectivity index (χ1n) is 8.07. The zero-order valence-corrected chi connectivity index (χ0v) is 13.3. The first-order valence-corrected chi connectivity index (χ1v) is 8.07. The number of hydrogen-bond donors (Lipinski definition) is 2. The minimum absolute atomic E-state index is 0.00906. The summed E-state index contributed by atoms with van der Waals surface area (Å²) in [5.74, 6) is -0.0768. The van der Waals surface area contributed by atoms with E-state index < -0.39 is 0 Å². The van der Waals surface area contributed by atoms with E-state index in [1.54, 1.807) is 0 Å². The second-order valence-electron chi connectivity index (χ2n) is 5.85. The van der Waals surface area contributed by atoms with Gasteiger partial charge in [-0.25, -0.2) is 0 Å². The molecule has 0 unspecified atom stereocenters. The summed E-state index contributed by atoms with van der Waals surface area (Å²) in [5, 5.41) is 6.36. The molecule has 1 amide bonds. The maximum atomic E-state index is 12.6. The van der Waals surface area contributed by atoms with Gasteiger partial charge in [-0.3, -0.25) is 4.79 Å². The highest BCUT2D eigenvalue weighted by Gasteiger charge is 2.24. The predicted octanol–water partition coefficient (Wildman–Crippen LogP) is 3.73. The summed E-state index contributed by atoms with van der Waals surface area (Å²) < 4.78 is 5.65. The molecule has 4 heteroatoms. The van der Waals surface area contributed by atoms with Crippen molar-refractivity contribution in [1.29, 1.82) is 0 Å². The molecular weight excluding hydrogens is 288 g/mol. The van der Waals surface area contributed by atoms with Crippen molar-refractivity contribution in [2.75, 3.05) is 11.9 Å². The summed E-state index contributed by atoms with van der Waals surface area (Å²) in [5.41, 5.74) is 2.40. The third-order valence-corrected chi connectivity index (χ3v) is 4.11. The molecule has 0 saturated carbocycles. The van der Waals surface area contributed by atoms with Crippen LogP contribution in [-0.2, 0) is 4.74 Å². The topological polar surface area (TPSA) is 50.4 Å². The summed E-state index contributed by atoms with van der Waals surface area (Å²) in [7, 11) is 0. The van der Waals surface area contributed by atoms with Gasteiger partial charge in [-0.05, 0) is 44.0 Å². The number of para-hydroxylation sites is 2. The molecular formula is C19H22N2O2. The van der Waals surface area contributed by atoms with Crippen LogP contribution in [0.4, 0.5) is 11.4 Å². The van der Waals surface area contributed by atoms with Gasteiger partial charge in [0.05, 0.1) is 23.4 Å². The quantitative estimate of drug-likeness (QED) is 0.885. The van der Waals surface area contributed by atoms with Crippen LogP contribution in [0, 0.1) is 0 Å². The van der Waals surface area contributed by atoms with Crippen LogP contribution in [-0.4, -0.2) is 24.7 Å². The molecule has 2 N–H and O–H groups in total. The van der Waals surface area contributed by atoms with Gasteiger partial charge in [0, 0.05) is 12.3 Å². The summed E-state index contributed by atoms with van der Waals surface area (Å²) in [6, 6.07) is 17.4. The normalized spacial score (nSPS) is 18.4. The van der Waals surface area contributed by atoms with E-state index in [-0.39, 0.29) is 18.1 Å². The van der Waals surface area contributed by atoms with Crippen molar-refractivity contribution in [1.82, 2.24) is 5.32 Å². The zero-order chi connectivity index (χ0) is 16.1. The summed E-state index contributed by atoms with van der Waals surface area (Å²) in [6.45, 7) is 2.79. The Morgan fingerprint density at radius 3 is 2.61 bits per heavy atom. The van der Waals surface area contributed by atoms with E-state index in [9.17, 15) is 4.79 Å². The molecule has 0 aliphatic carbocycles. The third kappa shape index (κ3) is 3.90. The van der Waals surface area contributed by atoms with E-state index in [1.807, 2.05) is 61.5 Å². The molecule has 0 aromatic heterocycles. The molecule has 2 aromatic rings. The first-order chi connectivity index (χ1) is 11.2. The number of rotatable bonds is 5. The lowest BCUT2D eigenvalue weighted by atomic mass is 10.1. The molecule has 0 bridgehead atoms. The van der Waals surface area contributed by atoms with Crippen molar-refractivity contribution in [3.05, 3.63) is 60.2 Å². The van der Waals surface area contributed by atoms with Crippen LogP contribution in [0.15, 0.2) is 54.6 Å². The molecule has 0 radical (unpaired) electrons. The molecule has 0 spiro atoms. The fourth-order valence-corrected chi connectivity index (χ4v) is 2.84. The Kier molecular flexibility index (Phi) is 4.93. The number of nitrogens with one attached hydrogen (secondary N) is 2. The van der Waals surface area contributed by atoms with E-state index in [4.69, 9.17) is 4.74 Å². The summed E-state index contributed by atoms with van der Waals surface area (Å²) >= 11 is 0. The van der Waals surface area contributed by atoms with Gasteiger partial charge < -0.3 is 15.4 Å². The second kappa shape index (κ2) is 7.29. The lowest BCUT2D eigenvalue weighted by Crippen LogP contribution is -2.41. The van der Waals surface area contributed by atoms with E-state index in [0.717, 1.165) is 30.8 Å². The molecule has 4 nitrogen and oxygen atoms in total. The highest BCUT2D eigenvalue weighted by atomic mass is 16.5. The number of anilines is 2. The molecule has 120 valence electrons. The third-order valence-electron chi connectivity index (χ3n) is 4.11. The van der Waals surface area contributed by atoms with Gasteiger partial charge in [-0.15, -0.1) is 0 Å². The molecule has 1 fully saturated rings.